The Kier molecular flexibility index (Phi) is 6.19. The largest absolute Gasteiger partial charge is 0.492 e. The minimum Gasteiger partial charge on any atom is -0.492 e. The Morgan fingerprint density at radius 2 is 1.62 bits per heavy atom. The highest BCUT2D eigenvalue weighted by atomic mass is 16.5. The Labute approximate surface area is 140 Å². The number of amides is 1. The Hall–Kier alpha value is -3.02. The molecule has 0 fully saturated rings. The number of nitrogens with one attached hydrogen (secondary N) is 1. The molecular formula is C18H19NO5. The third-order valence-electron chi connectivity index (χ3n) is 3.11. The van der Waals surface area contributed by atoms with E-state index in [0.717, 1.165) is 0 Å². The number of hydrogen-bond acceptors (Lipinski definition) is 5. The molecule has 0 aliphatic heterocycles. The zero-order chi connectivity index (χ0) is 17.4. The molecule has 0 spiro atoms. The fraction of sp³-hybridized carbons (Fsp3) is 0.222. The van der Waals surface area contributed by atoms with Gasteiger partial charge in [-0.3, -0.25) is 4.79 Å². The quantitative estimate of drug-likeness (QED) is 0.791. The lowest BCUT2D eigenvalue weighted by molar-refractivity contribution is -0.118. The predicted molar refractivity (Wildman–Crippen MR) is 89.5 cm³/mol. The lowest BCUT2D eigenvalue weighted by Gasteiger charge is -2.12. The van der Waals surface area contributed by atoms with Gasteiger partial charge in [0.15, 0.2) is 6.61 Å². The number of esters is 1. The molecule has 1 N–H and O–H groups in total. The highest BCUT2D eigenvalue weighted by Gasteiger charge is 2.14. The van der Waals surface area contributed by atoms with Gasteiger partial charge < -0.3 is 19.5 Å². The van der Waals surface area contributed by atoms with Crippen LogP contribution in [0.2, 0.25) is 0 Å². The van der Waals surface area contributed by atoms with E-state index < -0.39 is 5.97 Å². The number of carbonyl (C=O) groups excluding carboxylic acids is 2. The maximum absolute atomic E-state index is 12.1. The van der Waals surface area contributed by atoms with Crippen LogP contribution in [0.1, 0.15) is 17.3 Å². The van der Waals surface area contributed by atoms with Crippen molar-refractivity contribution in [3.8, 4) is 11.5 Å². The average molecular weight is 329 g/mol. The SMILES string of the molecule is CCOc1ccccc1NC(=O)COc1ccccc1C(=O)OC. The third kappa shape index (κ3) is 4.49. The van der Waals surface area contributed by atoms with Crippen molar-refractivity contribution in [2.45, 2.75) is 6.92 Å². The molecule has 2 aromatic rings. The third-order valence-corrected chi connectivity index (χ3v) is 3.11. The maximum atomic E-state index is 12.1. The summed E-state index contributed by atoms with van der Waals surface area (Å²) in [5.74, 6) is -0.00424. The zero-order valence-corrected chi connectivity index (χ0v) is 13.6. The van der Waals surface area contributed by atoms with E-state index in [1.165, 1.54) is 7.11 Å². The maximum Gasteiger partial charge on any atom is 0.341 e. The van der Waals surface area contributed by atoms with Crippen LogP contribution in [0.5, 0.6) is 11.5 Å². The summed E-state index contributed by atoms with van der Waals surface area (Å²) in [5.41, 5.74) is 0.830. The molecule has 1 amide bonds. The first kappa shape index (κ1) is 17.3. The predicted octanol–water partition coefficient (Wildman–Crippen LogP) is 2.89. The van der Waals surface area contributed by atoms with Gasteiger partial charge in [-0.05, 0) is 31.2 Å². The summed E-state index contributed by atoms with van der Waals surface area (Å²) in [6, 6.07) is 13.7. The van der Waals surface area contributed by atoms with Crippen LogP contribution < -0.4 is 14.8 Å². The molecule has 6 nitrogen and oxygen atoms in total. The fourth-order valence-electron chi connectivity index (χ4n) is 2.05. The van der Waals surface area contributed by atoms with Crippen LogP contribution >= 0.6 is 0 Å². The van der Waals surface area contributed by atoms with E-state index in [0.29, 0.717) is 18.0 Å². The molecule has 0 saturated carbocycles. The fourth-order valence-corrected chi connectivity index (χ4v) is 2.05. The first-order valence-electron chi connectivity index (χ1n) is 7.47. The summed E-state index contributed by atoms with van der Waals surface area (Å²) in [7, 11) is 1.29. The van der Waals surface area contributed by atoms with Gasteiger partial charge in [-0.25, -0.2) is 4.79 Å². The molecule has 0 saturated heterocycles. The Balaban J connectivity index is 2.01. The monoisotopic (exact) mass is 329 g/mol. The van der Waals surface area contributed by atoms with Crippen LogP contribution in [0.25, 0.3) is 0 Å². The number of rotatable bonds is 7. The van der Waals surface area contributed by atoms with Gasteiger partial charge in [0.05, 0.1) is 19.4 Å². The number of ether oxygens (including phenoxy) is 3. The molecule has 0 radical (unpaired) electrons. The Morgan fingerprint density at radius 3 is 2.33 bits per heavy atom. The lowest BCUT2D eigenvalue weighted by Crippen LogP contribution is -2.21. The summed E-state index contributed by atoms with van der Waals surface area (Å²) in [6.45, 7) is 2.12. The molecule has 0 atom stereocenters. The number of anilines is 1. The van der Waals surface area contributed by atoms with E-state index in [9.17, 15) is 9.59 Å². The number of benzene rings is 2. The Bertz CT molecular complexity index is 714. The van der Waals surface area contributed by atoms with Crippen LogP contribution in [-0.4, -0.2) is 32.2 Å². The summed E-state index contributed by atoms with van der Waals surface area (Å²) >= 11 is 0. The van der Waals surface area contributed by atoms with Crippen molar-refractivity contribution >= 4 is 17.6 Å². The van der Waals surface area contributed by atoms with E-state index in [-0.39, 0.29) is 23.8 Å². The lowest BCUT2D eigenvalue weighted by atomic mass is 10.2. The molecule has 6 heteroatoms. The van der Waals surface area contributed by atoms with Crippen molar-refractivity contribution in [1.82, 2.24) is 0 Å². The second kappa shape index (κ2) is 8.57. The molecule has 0 aliphatic rings. The standard InChI is InChI=1S/C18H19NO5/c1-3-23-16-11-7-5-9-14(16)19-17(20)12-24-15-10-6-4-8-13(15)18(21)22-2/h4-11H,3,12H2,1-2H3,(H,19,20). The van der Waals surface area contributed by atoms with Gasteiger partial charge in [0.2, 0.25) is 0 Å². The number of hydrogen-bond donors (Lipinski definition) is 1. The van der Waals surface area contributed by atoms with Crippen LogP contribution in [0.3, 0.4) is 0 Å². The molecule has 2 aromatic carbocycles. The normalized spacial score (nSPS) is 9.92. The molecule has 0 heterocycles. The van der Waals surface area contributed by atoms with Gasteiger partial charge in [-0.15, -0.1) is 0 Å². The minimum absolute atomic E-state index is 0.242. The molecule has 0 unspecified atom stereocenters. The van der Waals surface area contributed by atoms with Crippen molar-refractivity contribution in [2.75, 3.05) is 25.6 Å². The van der Waals surface area contributed by atoms with Crippen LogP contribution in [0, 0.1) is 0 Å². The zero-order valence-electron chi connectivity index (χ0n) is 13.6. The molecular weight excluding hydrogens is 310 g/mol. The Morgan fingerprint density at radius 1 is 0.958 bits per heavy atom. The molecule has 0 bridgehead atoms. The van der Waals surface area contributed by atoms with Gasteiger partial charge >= 0.3 is 5.97 Å². The summed E-state index contributed by atoms with van der Waals surface area (Å²) in [4.78, 5) is 23.8. The first-order valence-corrected chi connectivity index (χ1v) is 7.47. The minimum atomic E-state index is -0.521. The second-order valence-electron chi connectivity index (χ2n) is 4.75. The highest BCUT2D eigenvalue weighted by Crippen LogP contribution is 2.24. The molecule has 0 aliphatic carbocycles. The van der Waals surface area contributed by atoms with E-state index in [1.54, 1.807) is 42.5 Å². The van der Waals surface area contributed by atoms with Crippen LogP contribution in [0.15, 0.2) is 48.5 Å². The number of carbonyl (C=O) groups is 2. The van der Waals surface area contributed by atoms with Gasteiger partial charge in [0, 0.05) is 0 Å². The van der Waals surface area contributed by atoms with E-state index in [4.69, 9.17) is 9.47 Å². The van der Waals surface area contributed by atoms with Crippen LogP contribution in [0.4, 0.5) is 5.69 Å². The van der Waals surface area contributed by atoms with Crippen molar-refractivity contribution in [2.24, 2.45) is 0 Å². The molecule has 126 valence electrons. The van der Waals surface area contributed by atoms with Crippen molar-refractivity contribution < 1.29 is 23.8 Å². The molecule has 24 heavy (non-hydrogen) atoms. The van der Waals surface area contributed by atoms with Gasteiger partial charge in [-0.2, -0.15) is 0 Å². The average Bonchev–Trinajstić information content (AvgIpc) is 2.61. The summed E-state index contributed by atoms with van der Waals surface area (Å²) in [6.07, 6.45) is 0. The number of para-hydroxylation sites is 3. The molecule has 2 rings (SSSR count). The van der Waals surface area contributed by atoms with Crippen molar-refractivity contribution in [1.29, 1.82) is 0 Å². The van der Waals surface area contributed by atoms with Crippen LogP contribution in [-0.2, 0) is 9.53 Å². The van der Waals surface area contributed by atoms with Crippen molar-refractivity contribution in [3.63, 3.8) is 0 Å². The second-order valence-corrected chi connectivity index (χ2v) is 4.75. The first-order chi connectivity index (χ1) is 11.7. The van der Waals surface area contributed by atoms with Gasteiger partial charge in [0.25, 0.3) is 5.91 Å². The summed E-state index contributed by atoms with van der Waals surface area (Å²) < 4.78 is 15.6. The highest BCUT2D eigenvalue weighted by molar-refractivity contribution is 5.94. The van der Waals surface area contributed by atoms with E-state index >= 15 is 0 Å². The van der Waals surface area contributed by atoms with Crippen molar-refractivity contribution in [3.05, 3.63) is 54.1 Å². The van der Waals surface area contributed by atoms with Gasteiger partial charge in [-0.1, -0.05) is 24.3 Å². The van der Waals surface area contributed by atoms with Gasteiger partial charge in [0.1, 0.15) is 17.1 Å². The topological polar surface area (TPSA) is 73.9 Å². The van der Waals surface area contributed by atoms with E-state index in [1.807, 2.05) is 13.0 Å². The number of methoxy groups -OCH3 is 1. The smallest absolute Gasteiger partial charge is 0.341 e. The summed E-state index contributed by atoms with van der Waals surface area (Å²) in [5, 5.41) is 2.72. The molecule has 0 aromatic heterocycles. The van der Waals surface area contributed by atoms with E-state index in [2.05, 4.69) is 10.1 Å².